The van der Waals surface area contributed by atoms with E-state index < -0.39 is 0 Å². The summed E-state index contributed by atoms with van der Waals surface area (Å²) in [5, 5.41) is 2.88. The van der Waals surface area contributed by atoms with Crippen LogP contribution in [0.1, 0.15) is 11.1 Å². The van der Waals surface area contributed by atoms with Gasteiger partial charge in [0.1, 0.15) is 0 Å². The smallest absolute Gasteiger partial charge is 0.307 e. The highest BCUT2D eigenvalue weighted by molar-refractivity contribution is 7.16. The van der Waals surface area contributed by atoms with E-state index in [0.29, 0.717) is 12.1 Å². The SMILES string of the molecule is Cc1ccc(CC(=O)Nc2ccc3c(c2)sc(=O)n3C)cc1. The van der Waals surface area contributed by atoms with Gasteiger partial charge in [-0.15, -0.1) is 0 Å². The van der Waals surface area contributed by atoms with Crippen molar-refractivity contribution in [3.63, 3.8) is 0 Å². The molecule has 0 saturated carbocycles. The van der Waals surface area contributed by atoms with Gasteiger partial charge in [0.2, 0.25) is 5.91 Å². The van der Waals surface area contributed by atoms with Crippen molar-refractivity contribution in [2.45, 2.75) is 13.3 Å². The van der Waals surface area contributed by atoms with Crippen LogP contribution in [-0.4, -0.2) is 10.5 Å². The van der Waals surface area contributed by atoms with Crippen LogP contribution >= 0.6 is 11.3 Å². The van der Waals surface area contributed by atoms with Crippen LogP contribution in [0.25, 0.3) is 10.2 Å². The second-order valence-corrected chi connectivity index (χ2v) is 6.31. The molecule has 0 aliphatic carbocycles. The summed E-state index contributed by atoms with van der Waals surface area (Å²) in [7, 11) is 1.75. The number of thiazole rings is 1. The molecule has 1 amide bonds. The highest BCUT2D eigenvalue weighted by Gasteiger charge is 2.08. The van der Waals surface area contributed by atoms with E-state index in [9.17, 15) is 9.59 Å². The van der Waals surface area contributed by atoms with Crippen LogP contribution in [0.4, 0.5) is 5.69 Å². The normalized spacial score (nSPS) is 10.8. The van der Waals surface area contributed by atoms with Gasteiger partial charge in [-0.2, -0.15) is 0 Å². The molecule has 112 valence electrons. The van der Waals surface area contributed by atoms with E-state index in [0.717, 1.165) is 15.8 Å². The molecule has 0 unspecified atom stereocenters. The highest BCUT2D eigenvalue weighted by atomic mass is 32.1. The van der Waals surface area contributed by atoms with Crippen molar-refractivity contribution in [1.82, 2.24) is 4.57 Å². The number of nitrogens with one attached hydrogen (secondary N) is 1. The Hall–Kier alpha value is -2.40. The molecule has 4 nitrogen and oxygen atoms in total. The number of hydrogen-bond acceptors (Lipinski definition) is 3. The number of aromatic nitrogens is 1. The van der Waals surface area contributed by atoms with Crippen LogP contribution in [0.2, 0.25) is 0 Å². The van der Waals surface area contributed by atoms with Gasteiger partial charge in [0.25, 0.3) is 0 Å². The Bertz CT molecular complexity index is 891. The molecule has 0 radical (unpaired) electrons. The first kappa shape index (κ1) is 14.5. The Morgan fingerprint density at radius 3 is 2.64 bits per heavy atom. The summed E-state index contributed by atoms with van der Waals surface area (Å²) >= 11 is 1.18. The predicted octanol–water partition coefficient (Wildman–Crippen LogP) is 3.09. The van der Waals surface area contributed by atoms with Gasteiger partial charge in [-0.25, -0.2) is 0 Å². The van der Waals surface area contributed by atoms with Crippen molar-refractivity contribution in [2.24, 2.45) is 7.05 Å². The number of amides is 1. The number of fused-ring (bicyclic) bond motifs is 1. The van der Waals surface area contributed by atoms with Gasteiger partial charge in [0, 0.05) is 12.7 Å². The van der Waals surface area contributed by atoms with Gasteiger partial charge in [0.15, 0.2) is 0 Å². The maximum absolute atomic E-state index is 12.1. The molecule has 0 atom stereocenters. The van der Waals surface area contributed by atoms with Crippen LogP contribution in [0.15, 0.2) is 47.3 Å². The third kappa shape index (κ3) is 2.94. The van der Waals surface area contributed by atoms with Crippen LogP contribution in [0.3, 0.4) is 0 Å². The first-order valence-corrected chi connectivity index (χ1v) is 7.79. The van der Waals surface area contributed by atoms with Crippen molar-refractivity contribution < 1.29 is 4.79 Å². The fraction of sp³-hybridized carbons (Fsp3) is 0.176. The van der Waals surface area contributed by atoms with Gasteiger partial charge in [0.05, 0.1) is 16.6 Å². The third-order valence-electron chi connectivity index (χ3n) is 3.56. The van der Waals surface area contributed by atoms with Gasteiger partial charge >= 0.3 is 4.87 Å². The van der Waals surface area contributed by atoms with Crippen molar-refractivity contribution >= 4 is 33.1 Å². The third-order valence-corrected chi connectivity index (χ3v) is 4.56. The number of anilines is 1. The molecule has 0 fully saturated rings. The average Bonchev–Trinajstić information content (AvgIpc) is 2.76. The lowest BCUT2D eigenvalue weighted by molar-refractivity contribution is -0.115. The standard InChI is InChI=1S/C17H16N2O2S/c1-11-3-5-12(6-4-11)9-16(20)18-13-7-8-14-15(10-13)22-17(21)19(14)2/h3-8,10H,9H2,1-2H3,(H,18,20). The van der Waals surface area contributed by atoms with E-state index in [1.165, 1.54) is 16.9 Å². The fourth-order valence-electron chi connectivity index (χ4n) is 2.31. The van der Waals surface area contributed by atoms with Crippen molar-refractivity contribution in [2.75, 3.05) is 5.32 Å². The van der Waals surface area contributed by atoms with E-state index in [2.05, 4.69) is 5.32 Å². The number of aryl methyl sites for hydroxylation is 2. The second kappa shape index (κ2) is 5.77. The zero-order valence-electron chi connectivity index (χ0n) is 12.4. The molecule has 2 aromatic carbocycles. The Labute approximate surface area is 132 Å². The maximum Gasteiger partial charge on any atom is 0.307 e. The number of rotatable bonds is 3. The van der Waals surface area contributed by atoms with E-state index in [1.807, 2.05) is 49.4 Å². The minimum absolute atomic E-state index is 0.00173. The summed E-state index contributed by atoms with van der Waals surface area (Å²) in [4.78, 5) is 23.7. The maximum atomic E-state index is 12.1. The number of benzene rings is 2. The van der Waals surface area contributed by atoms with Crippen LogP contribution in [-0.2, 0) is 18.3 Å². The van der Waals surface area contributed by atoms with E-state index in [1.54, 1.807) is 11.6 Å². The van der Waals surface area contributed by atoms with Crippen molar-refractivity contribution in [3.05, 3.63) is 63.3 Å². The van der Waals surface area contributed by atoms with Gasteiger partial charge in [-0.3, -0.25) is 9.59 Å². The van der Waals surface area contributed by atoms with Gasteiger partial charge < -0.3 is 9.88 Å². The number of nitrogens with zero attached hydrogens (tertiary/aromatic N) is 1. The average molecular weight is 312 g/mol. The second-order valence-electron chi connectivity index (χ2n) is 5.32. The van der Waals surface area contributed by atoms with E-state index in [-0.39, 0.29) is 10.8 Å². The molecule has 1 heterocycles. The number of carbonyl (C=O) groups excluding carboxylic acids is 1. The van der Waals surface area contributed by atoms with Crippen molar-refractivity contribution in [1.29, 1.82) is 0 Å². The van der Waals surface area contributed by atoms with Crippen molar-refractivity contribution in [3.8, 4) is 0 Å². The summed E-state index contributed by atoms with van der Waals surface area (Å²) in [6, 6.07) is 13.4. The quantitative estimate of drug-likeness (QED) is 0.808. The molecule has 22 heavy (non-hydrogen) atoms. The Kier molecular flexibility index (Phi) is 3.81. The first-order valence-electron chi connectivity index (χ1n) is 6.98. The highest BCUT2D eigenvalue weighted by Crippen LogP contribution is 2.21. The molecule has 0 aliphatic heterocycles. The first-order chi connectivity index (χ1) is 10.5. The van der Waals surface area contributed by atoms with Crippen LogP contribution in [0, 0.1) is 6.92 Å². The summed E-state index contributed by atoms with van der Waals surface area (Å²) in [6.07, 6.45) is 0.337. The fourth-order valence-corrected chi connectivity index (χ4v) is 3.23. The zero-order valence-corrected chi connectivity index (χ0v) is 13.2. The molecule has 0 saturated heterocycles. The Morgan fingerprint density at radius 1 is 1.18 bits per heavy atom. The van der Waals surface area contributed by atoms with E-state index in [4.69, 9.17) is 0 Å². The Balaban J connectivity index is 1.76. The molecule has 5 heteroatoms. The number of carbonyl (C=O) groups is 1. The molecule has 1 N–H and O–H groups in total. The molecule has 1 aromatic heterocycles. The predicted molar refractivity (Wildman–Crippen MR) is 90.6 cm³/mol. The molecule has 0 aliphatic rings. The minimum atomic E-state index is -0.0634. The summed E-state index contributed by atoms with van der Waals surface area (Å²) in [6.45, 7) is 2.02. The number of hydrogen-bond donors (Lipinski definition) is 1. The van der Waals surface area contributed by atoms with E-state index >= 15 is 0 Å². The molecular weight excluding hydrogens is 296 g/mol. The lowest BCUT2D eigenvalue weighted by Gasteiger charge is -2.06. The summed E-state index contributed by atoms with van der Waals surface area (Å²) in [5.74, 6) is -0.0634. The zero-order chi connectivity index (χ0) is 15.7. The molecule has 0 bridgehead atoms. The lowest BCUT2D eigenvalue weighted by Crippen LogP contribution is -2.14. The minimum Gasteiger partial charge on any atom is -0.326 e. The largest absolute Gasteiger partial charge is 0.326 e. The van der Waals surface area contributed by atoms with Crippen LogP contribution < -0.4 is 10.2 Å². The molecular formula is C17H16N2O2S. The van der Waals surface area contributed by atoms with Gasteiger partial charge in [-0.05, 0) is 30.7 Å². The molecule has 3 rings (SSSR count). The van der Waals surface area contributed by atoms with Crippen LogP contribution in [0.5, 0.6) is 0 Å². The monoisotopic (exact) mass is 312 g/mol. The topological polar surface area (TPSA) is 51.1 Å². The molecule has 0 spiro atoms. The summed E-state index contributed by atoms with van der Waals surface area (Å²) in [5.41, 5.74) is 3.75. The van der Waals surface area contributed by atoms with Gasteiger partial charge in [-0.1, -0.05) is 41.2 Å². The Morgan fingerprint density at radius 2 is 1.91 bits per heavy atom. The lowest BCUT2D eigenvalue weighted by atomic mass is 10.1. The summed E-state index contributed by atoms with van der Waals surface area (Å²) < 4.78 is 2.48. The molecule has 3 aromatic rings.